The number of phenolic OH excluding ortho intramolecular Hbond substituents is 1. The number of carbonyl (C=O) groups excluding carboxylic acids is 1. The molecule has 1 amide bonds. The number of benzene rings is 1. The second-order valence-electron chi connectivity index (χ2n) is 2.97. The number of carbonyl (C=O) groups is 1. The van der Waals surface area contributed by atoms with Crippen LogP contribution in [0.5, 0.6) is 11.5 Å². The van der Waals surface area contributed by atoms with Crippen molar-refractivity contribution in [2.75, 3.05) is 7.11 Å². The van der Waals surface area contributed by atoms with Crippen LogP contribution in [0.3, 0.4) is 0 Å². The Morgan fingerprint density at radius 2 is 2.20 bits per heavy atom. The molecule has 5 heteroatoms. The van der Waals surface area contributed by atoms with Crippen LogP contribution in [0.1, 0.15) is 17.3 Å². The highest BCUT2D eigenvalue weighted by atomic mass is 16.5. The minimum Gasteiger partial charge on any atom is -0.504 e. The molecule has 0 bridgehead atoms. The summed E-state index contributed by atoms with van der Waals surface area (Å²) < 4.78 is 4.84. The van der Waals surface area contributed by atoms with Gasteiger partial charge in [-0.3, -0.25) is 10.2 Å². The fraction of sp³-hybridized carbons (Fsp3) is 0.200. The summed E-state index contributed by atoms with van der Waals surface area (Å²) in [7, 11) is 1.43. The minimum atomic E-state index is -0.430. The first-order valence-corrected chi connectivity index (χ1v) is 4.28. The molecular weight excluding hydrogens is 196 g/mol. The van der Waals surface area contributed by atoms with Crippen LogP contribution < -0.4 is 10.1 Å². The SMILES string of the molecule is COc1ccc(C(=O)NC(C)=N)cc1O. The zero-order valence-electron chi connectivity index (χ0n) is 8.50. The van der Waals surface area contributed by atoms with E-state index in [0.29, 0.717) is 5.75 Å². The molecule has 15 heavy (non-hydrogen) atoms. The van der Waals surface area contributed by atoms with Crippen LogP contribution in [0.4, 0.5) is 0 Å². The molecule has 3 N–H and O–H groups in total. The fourth-order valence-electron chi connectivity index (χ4n) is 1.07. The lowest BCUT2D eigenvalue weighted by atomic mass is 10.2. The monoisotopic (exact) mass is 208 g/mol. The average molecular weight is 208 g/mol. The number of ether oxygens (including phenoxy) is 1. The van der Waals surface area contributed by atoms with Crippen molar-refractivity contribution < 1.29 is 14.6 Å². The van der Waals surface area contributed by atoms with Crippen molar-refractivity contribution in [1.82, 2.24) is 5.32 Å². The van der Waals surface area contributed by atoms with E-state index in [1.807, 2.05) is 0 Å². The third-order valence-electron chi connectivity index (χ3n) is 1.74. The van der Waals surface area contributed by atoms with Crippen LogP contribution >= 0.6 is 0 Å². The van der Waals surface area contributed by atoms with E-state index in [2.05, 4.69) is 5.32 Å². The molecule has 0 saturated carbocycles. The predicted molar refractivity (Wildman–Crippen MR) is 55.5 cm³/mol. The first kappa shape index (κ1) is 11.0. The van der Waals surface area contributed by atoms with E-state index in [4.69, 9.17) is 10.1 Å². The van der Waals surface area contributed by atoms with E-state index in [-0.39, 0.29) is 17.1 Å². The number of rotatable bonds is 2. The lowest BCUT2D eigenvalue weighted by molar-refractivity contribution is 0.0976. The van der Waals surface area contributed by atoms with Gasteiger partial charge < -0.3 is 15.2 Å². The first-order chi connectivity index (χ1) is 7.04. The number of hydrogen-bond donors (Lipinski definition) is 3. The van der Waals surface area contributed by atoms with Gasteiger partial charge in [-0.25, -0.2) is 0 Å². The molecule has 0 atom stereocenters. The van der Waals surface area contributed by atoms with E-state index >= 15 is 0 Å². The number of hydrogen-bond acceptors (Lipinski definition) is 4. The maximum atomic E-state index is 11.4. The predicted octanol–water partition coefficient (Wildman–Crippen LogP) is 1.13. The van der Waals surface area contributed by atoms with E-state index in [9.17, 15) is 9.90 Å². The van der Waals surface area contributed by atoms with Gasteiger partial charge in [-0.05, 0) is 25.1 Å². The maximum absolute atomic E-state index is 11.4. The Hall–Kier alpha value is -2.04. The summed E-state index contributed by atoms with van der Waals surface area (Å²) in [6.07, 6.45) is 0. The van der Waals surface area contributed by atoms with Gasteiger partial charge in [-0.1, -0.05) is 0 Å². The normalized spacial score (nSPS) is 9.47. The van der Waals surface area contributed by atoms with E-state index in [1.165, 1.54) is 32.2 Å². The van der Waals surface area contributed by atoms with Gasteiger partial charge in [-0.15, -0.1) is 0 Å². The summed E-state index contributed by atoms with van der Waals surface area (Å²) in [5.74, 6) is -0.179. The molecule has 5 nitrogen and oxygen atoms in total. The van der Waals surface area contributed by atoms with Crippen molar-refractivity contribution in [2.45, 2.75) is 6.92 Å². The Labute approximate surface area is 87.2 Å². The molecule has 0 unspecified atom stereocenters. The molecule has 0 aromatic heterocycles. The lowest BCUT2D eigenvalue weighted by Crippen LogP contribution is -2.27. The molecule has 1 aromatic carbocycles. The van der Waals surface area contributed by atoms with Gasteiger partial charge in [0, 0.05) is 5.56 Å². The number of nitrogens with one attached hydrogen (secondary N) is 2. The van der Waals surface area contributed by atoms with E-state index in [1.54, 1.807) is 0 Å². The Bertz CT molecular complexity index is 402. The van der Waals surface area contributed by atoms with Gasteiger partial charge in [0.05, 0.1) is 12.9 Å². The van der Waals surface area contributed by atoms with Crippen LogP contribution in [-0.2, 0) is 0 Å². The van der Waals surface area contributed by atoms with Crippen LogP contribution in [0, 0.1) is 5.41 Å². The lowest BCUT2D eigenvalue weighted by Gasteiger charge is -2.06. The molecular formula is C10H12N2O3. The van der Waals surface area contributed by atoms with Crippen molar-refractivity contribution in [1.29, 1.82) is 5.41 Å². The second kappa shape index (κ2) is 4.45. The Balaban J connectivity index is 2.92. The highest BCUT2D eigenvalue weighted by molar-refractivity contribution is 6.05. The largest absolute Gasteiger partial charge is 0.504 e. The van der Waals surface area contributed by atoms with Crippen LogP contribution in [0.15, 0.2) is 18.2 Å². The molecule has 0 aliphatic rings. The van der Waals surface area contributed by atoms with Crippen LogP contribution in [0.2, 0.25) is 0 Å². The zero-order valence-corrected chi connectivity index (χ0v) is 8.50. The van der Waals surface area contributed by atoms with Gasteiger partial charge >= 0.3 is 0 Å². The van der Waals surface area contributed by atoms with Crippen molar-refractivity contribution >= 4 is 11.7 Å². The highest BCUT2D eigenvalue weighted by Gasteiger charge is 2.09. The van der Waals surface area contributed by atoms with Gasteiger partial charge in [0.1, 0.15) is 0 Å². The molecule has 0 heterocycles. The molecule has 0 spiro atoms. The van der Waals surface area contributed by atoms with Crippen molar-refractivity contribution in [3.05, 3.63) is 23.8 Å². The van der Waals surface area contributed by atoms with E-state index in [0.717, 1.165) is 0 Å². The minimum absolute atomic E-state index is 0.0512. The molecule has 0 radical (unpaired) electrons. The summed E-state index contributed by atoms with van der Waals surface area (Å²) in [5, 5.41) is 18.8. The molecule has 80 valence electrons. The Morgan fingerprint density at radius 1 is 1.53 bits per heavy atom. The third kappa shape index (κ3) is 2.70. The van der Waals surface area contributed by atoms with Gasteiger partial charge in [0.25, 0.3) is 5.91 Å². The second-order valence-corrected chi connectivity index (χ2v) is 2.97. The van der Waals surface area contributed by atoms with Gasteiger partial charge in [0.2, 0.25) is 0 Å². The molecule has 0 saturated heterocycles. The smallest absolute Gasteiger partial charge is 0.256 e. The Morgan fingerprint density at radius 3 is 2.67 bits per heavy atom. The summed E-state index contributed by atoms with van der Waals surface area (Å²) in [6, 6.07) is 4.29. The molecule has 1 rings (SSSR count). The standard InChI is InChI=1S/C10H12N2O3/c1-6(11)12-10(14)7-3-4-9(15-2)8(13)5-7/h3-5,13H,1-2H3,(H2,11,12,14). The van der Waals surface area contributed by atoms with Gasteiger partial charge in [0.15, 0.2) is 11.5 Å². The zero-order chi connectivity index (χ0) is 11.4. The quantitative estimate of drug-likeness (QED) is 0.503. The summed E-state index contributed by atoms with van der Waals surface area (Å²) in [6.45, 7) is 1.46. The number of amides is 1. The molecule has 0 aliphatic carbocycles. The fourth-order valence-corrected chi connectivity index (χ4v) is 1.07. The molecule has 1 aromatic rings. The summed E-state index contributed by atoms with van der Waals surface area (Å²) in [4.78, 5) is 11.4. The number of phenols is 1. The van der Waals surface area contributed by atoms with E-state index < -0.39 is 5.91 Å². The maximum Gasteiger partial charge on any atom is 0.256 e. The number of methoxy groups -OCH3 is 1. The van der Waals surface area contributed by atoms with Crippen LogP contribution in [-0.4, -0.2) is 24.0 Å². The summed E-state index contributed by atoms with van der Waals surface area (Å²) >= 11 is 0. The Kier molecular flexibility index (Phi) is 3.28. The molecule has 0 fully saturated rings. The average Bonchev–Trinajstić information content (AvgIpc) is 2.16. The summed E-state index contributed by atoms with van der Waals surface area (Å²) in [5.41, 5.74) is 0.278. The highest BCUT2D eigenvalue weighted by Crippen LogP contribution is 2.25. The van der Waals surface area contributed by atoms with Crippen molar-refractivity contribution in [2.24, 2.45) is 0 Å². The van der Waals surface area contributed by atoms with Gasteiger partial charge in [-0.2, -0.15) is 0 Å². The van der Waals surface area contributed by atoms with Crippen molar-refractivity contribution in [3.63, 3.8) is 0 Å². The number of amidine groups is 1. The van der Waals surface area contributed by atoms with Crippen molar-refractivity contribution in [3.8, 4) is 11.5 Å². The number of aromatic hydroxyl groups is 1. The first-order valence-electron chi connectivity index (χ1n) is 4.28. The molecule has 0 aliphatic heterocycles. The third-order valence-corrected chi connectivity index (χ3v) is 1.74. The van der Waals surface area contributed by atoms with Crippen LogP contribution in [0.25, 0.3) is 0 Å². The topological polar surface area (TPSA) is 82.4 Å².